The number of rotatable bonds is 1. The molecule has 2 rings (SSSR count). The van der Waals surface area contributed by atoms with Crippen LogP contribution in [0.15, 0.2) is 0 Å². The Morgan fingerprint density at radius 3 is 2.53 bits per heavy atom. The second-order valence-electron chi connectivity index (χ2n) is 6.19. The lowest BCUT2D eigenvalue weighted by atomic mass is 9.92. The summed E-state index contributed by atoms with van der Waals surface area (Å²) in [5, 5.41) is 3.46. The molecule has 0 unspecified atom stereocenters. The minimum Gasteiger partial charge on any atom is -0.315 e. The van der Waals surface area contributed by atoms with Crippen LogP contribution in [0.1, 0.15) is 26.7 Å². The monoisotopic (exact) mass is 260 g/mol. The second-order valence-corrected chi connectivity index (χ2v) is 8.50. The van der Waals surface area contributed by atoms with E-state index < -0.39 is 9.84 Å². The first kappa shape index (κ1) is 13.3. The van der Waals surface area contributed by atoms with Crippen LogP contribution in [0.2, 0.25) is 0 Å². The standard InChI is InChI=1S/C12H24N2O2S/c1-12(2)9-13-5-6-14(10-12)11-3-7-17(15,16)8-4-11/h11,13H,3-10H2,1-2H3. The Labute approximate surface area is 105 Å². The molecule has 0 amide bonds. The van der Waals surface area contributed by atoms with Gasteiger partial charge in [0.25, 0.3) is 0 Å². The third-order valence-corrected chi connectivity index (χ3v) is 5.57. The fourth-order valence-corrected chi connectivity index (χ4v) is 4.36. The molecule has 0 aromatic rings. The Morgan fingerprint density at radius 1 is 1.24 bits per heavy atom. The summed E-state index contributed by atoms with van der Waals surface area (Å²) in [6, 6.07) is 0.470. The van der Waals surface area contributed by atoms with Crippen molar-refractivity contribution >= 4 is 9.84 Å². The van der Waals surface area contributed by atoms with Gasteiger partial charge in [0.1, 0.15) is 9.84 Å². The minimum absolute atomic E-state index is 0.285. The van der Waals surface area contributed by atoms with E-state index in [0.29, 0.717) is 17.5 Å². The van der Waals surface area contributed by atoms with E-state index >= 15 is 0 Å². The van der Waals surface area contributed by atoms with Crippen molar-refractivity contribution in [2.75, 3.05) is 37.7 Å². The van der Waals surface area contributed by atoms with Crippen LogP contribution >= 0.6 is 0 Å². The maximum atomic E-state index is 11.4. The SMILES string of the molecule is CC1(C)CNCCN(C2CCS(=O)(=O)CC2)C1. The number of hydrogen-bond donors (Lipinski definition) is 1. The first-order chi connectivity index (χ1) is 7.88. The van der Waals surface area contributed by atoms with E-state index in [1.807, 2.05) is 0 Å². The molecular formula is C12H24N2O2S. The van der Waals surface area contributed by atoms with E-state index in [1.165, 1.54) is 0 Å². The molecule has 2 aliphatic heterocycles. The molecule has 2 fully saturated rings. The topological polar surface area (TPSA) is 49.4 Å². The third kappa shape index (κ3) is 3.66. The maximum Gasteiger partial charge on any atom is 0.150 e. The quantitative estimate of drug-likeness (QED) is 0.746. The van der Waals surface area contributed by atoms with Crippen molar-refractivity contribution in [2.45, 2.75) is 32.7 Å². The molecule has 0 spiro atoms. The summed E-state index contributed by atoms with van der Waals surface area (Å²) in [7, 11) is -2.73. The molecular weight excluding hydrogens is 236 g/mol. The van der Waals surface area contributed by atoms with Gasteiger partial charge in [0.05, 0.1) is 11.5 Å². The number of sulfone groups is 1. The average Bonchev–Trinajstić information content (AvgIpc) is 2.39. The maximum absolute atomic E-state index is 11.4. The van der Waals surface area contributed by atoms with E-state index in [2.05, 4.69) is 24.1 Å². The predicted molar refractivity (Wildman–Crippen MR) is 69.9 cm³/mol. The van der Waals surface area contributed by atoms with Gasteiger partial charge in [-0.25, -0.2) is 8.42 Å². The van der Waals surface area contributed by atoms with Crippen molar-refractivity contribution in [1.29, 1.82) is 0 Å². The van der Waals surface area contributed by atoms with Crippen LogP contribution in [0, 0.1) is 5.41 Å². The minimum atomic E-state index is -2.73. The van der Waals surface area contributed by atoms with E-state index in [-0.39, 0.29) is 5.41 Å². The number of nitrogens with one attached hydrogen (secondary N) is 1. The van der Waals surface area contributed by atoms with Gasteiger partial charge in [0, 0.05) is 32.2 Å². The highest BCUT2D eigenvalue weighted by atomic mass is 32.2. The zero-order chi connectivity index (χ0) is 12.5. The van der Waals surface area contributed by atoms with Crippen molar-refractivity contribution in [1.82, 2.24) is 10.2 Å². The summed E-state index contributed by atoms with van der Waals surface area (Å²) in [5.41, 5.74) is 0.285. The molecule has 0 aliphatic carbocycles. The molecule has 5 heteroatoms. The normalized spacial score (nSPS) is 30.9. The largest absolute Gasteiger partial charge is 0.315 e. The average molecular weight is 260 g/mol. The van der Waals surface area contributed by atoms with E-state index in [9.17, 15) is 8.42 Å². The van der Waals surface area contributed by atoms with Crippen LogP contribution < -0.4 is 5.32 Å². The van der Waals surface area contributed by atoms with Crippen LogP contribution in [-0.4, -0.2) is 57.0 Å². The summed E-state index contributed by atoms with van der Waals surface area (Å²) < 4.78 is 22.9. The summed E-state index contributed by atoms with van der Waals surface area (Å²) in [6.45, 7) is 8.75. The molecule has 100 valence electrons. The van der Waals surface area contributed by atoms with Gasteiger partial charge in [-0.05, 0) is 18.3 Å². The zero-order valence-corrected chi connectivity index (χ0v) is 11.7. The van der Waals surface area contributed by atoms with Crippen molar-refractivity contribution in [3.8, 4) is 0 Å². The molecule has 0 aromatic carbocycles. The Kier molecular flexibility index (Phi) is 3.80. The molecule has 2 aliphatic rings. The highest BCUT2D eigenvalue weighted by Crippen LogP contribution is 2.24. The smallest absolute Gasteiger partial charge is 0.150 e. The molecule has 0 radical (unpaired) electrons. The summed E-state index contributed by atoms with van der Waals surface area (Å²) >= 11 is 0. The highest BCUT2D eigenvalue weighted by Gasteiger charge is 2.32. The molecule has 2 saturated heterocycles. The van der Waals surface area contributed by atoms with Crippen LogP contribution in [0.5, 0.6) is 0 Å². The van der Waals surface area contributed by atoms with Crippen LogP contribution in [0.3, 0.4) is 0 Å². The van der Waals surface area contributed by atoms with Crippen molar-refractivity contribution in [3.63, 3.8) is 0 Å². The molecule has 0 bridgehead atoms. The first-order valence-corrected chi connectivity index (χ1v) is 8.35. The van der Waals surface area contributed by atoms with Crippen LogP contribution in [0.25, 0.3) is 0 Å². The van der Waals surface area contributed by atoms with Crippen LogP contribution in [-0.2, 0) is 9.84 Å². The van der Waals surface area contributed by atoms with Gasteiger partial charge in [0.15, 0.2) is 0 Å². The molecule has 0 saturated carbocycles. The lowest BCUT2D eigenvalue weighted by Gasteiger charge is -2.37. The van der Waals surface area contributed by atoms with Crippen molar-refractivity contribution < 1.29 is 8.42 Å². The van der Waals surface area contributed by atoms with E-state index in [0.717, 1.165) is 39.0 Å². The van der Waals surface area contributed by atoms with E-state index in [1.54, 1.807) is 0 Å². The van der Waals surface area contributed by atoms with Gasteiger partial charge in [-0.1, -0.05) is 13.8 Å². The molecule has 2 heterocycles. The Hall–Kier alpha value is -0.130. The van der Waals surface area contributed by atoms with Gasteiger partial charge < -0.3 is 5.32 Å². The lowest BCUT2D eigenvalue weighted by Crippen LogP contribution is -2.45. The van der Waals surface area contributed by atoms with Gasteiger partial charge in [-0.2, -0.15) is 0 Å². The summed E-state index contributed by atoms with van der Waals surface area (Å²) in [4.78, 5) is 2.49. The highest BCUT2D eigenvalue weighted by molar-refractivity contribution is 7.91. The fraction of sp³-hybridized carbons (Fsp3) is 1.00. The predicted octanol–water partition coefficient (Wildman–Crippen LogP) is 0.495. The van der Waals surface area contributed by atoms with Gasteiger partial charge in [0.2, 0.25) is 0 Å². The van der Waals surface area contributed by atoms with E-state index in [4.69, 9.17) is 0 Å². The second kappa shape index (κ2) is 4.86. The van der Waals surface area contributed by atoms with Gasteiger partial charge in [-0.3, -0.25) is 4.90 Å². The lowest BCUT2D eigenvalue weighted by molar-refractivity contribution is 0.143. The van der Waals surface area contributed by atoms with Crippen molar-refractivity contribution in [3.05, 3.63) is 0 Å². The molecule has 17 heavy (non-hydrogen) atoms. The first-order valence-electron chi connectivity index (χ1n) is 6.53. The summed E-state index contributed by atoms with van der Waals surface area (Å²) in [5.74, 6) is 0.754. The van der Waals surface area contributed by atoms with Crippen LogP contribution in [0.4, 0.5) is 0 Å². The Bertz CT molecular complexity index is 351. The van der Waals surface area contributed by atoms with Gasteiger partial charge >= 0.3 is 0 Å². The molecule has 1 N–H and O–H groups in total. The fourth-order valence-electron chi connectivity index (χ4n) is 2.89. The van der Waals surface area contributed by atoms with Crippen molar-refractivity contribution in [2.24, 2.45) is 5.41 Å². The molecule has 4 nitrogen and oxygen atoms in total. The number of hydrogen-bond acceptors (Lipinski definition) is 4. The Balaban J connectivity index is 1.97. The zero-order valence-electron chi connectivity index (χ0n) is 10.9. The molecule has 0 atom stereocenters. The third-order valence-electron chi connectivity index (χ3n) is 3.85. The van der Waals surface area contributed by atoms with Gasteiger partial charge in [-0.15, -0.1) is 0 Å². The molecule has 0 aromatic heterocycles. The number of nitrogens with zero attached hydrogens (tertiary/aromatic N) is 1. The summed E-state index contributed by atoms with van der Waals surface area (Å²) in [6.07, 6.45) is 1.64. The Morgan fingerprint density at radius 2 is 1.88 bits per heavy atom.